The van der Waals surface area contributed by atoms with Crippen molar-refractivity contribution >= 4 is 22.5 Å². The predicted octanol–water partition coefficient (Wildman–Crippen LogP) is 2.92. The normalized spacial score (nSPS) is 10.4. The van der Waals surface area contributed by atoms with Gasteiger partial charge in [0, 0.05) is 11.6 Å². The number of aromatic nitrogens is 2. The third-order valence-corrected chi connectivity index (χ3v) is 2.98. The third-order valence-electron chi connectivity index (χ3n) is 2.98. The quantitative estimate of drug-likeness (QED) is 0.735. The Kier molecular flexibility index (Phi) is 3.37. The number of nitrogens with one attached hydrogen (secondary N) is 1. The van der Waals surface area contributed by atoms with Crippen LogP contribution in [0.3, 0.4) is 0 Å². The lowest BCUT2D eigenvalue weighted by molar-refractivity contribution is 0.100. The monoisotopic (exact) mass is 263 g/mol. The van der Waals surface area contributed by atoms with Crippen LogP contribution < -0.4 is 5.32 Å². The zero-order valence-electron chi connectivity index (χ0n) is 10.8. The van der Waals surface area contributed by atoms with Crippen LogP contribution in [0.4, 0.5) is 5.82 Å². The summed E-state index contributed by atoms with van der Waals surface area (Å²) in [5.41, 5.74) is 1.36. The van der Waals surface area contributed by atoms with Gasteiger partial charge >= 0.3 is 0 Å². The highest BCUT2D eigenvalue weighted by Crippen LogP contribution is 2.14. The van der Waals surface area contributed by atoms with E-state index in [2.05, 4.69) is 15.3 Å². The van der Waals surface area contributed by atoms with Gasteiger partial charge < -0.3 is 5.32 Å². The fraction of sp³-hybridized carbons (Fsp3) is 0.0625. The van der Waals surface area contributed by atoms with Crippen molar-refractivity contribution in [2.24, 2.45) is 0 Å². The summed E-state index contributed by atoms with van der Waals surface area (Å²) in [7, 11) is 0. The molecule has 0 aliphatic carbocycles. The Morgan fingerprint density at radius 3 is 2.70 bits per heavy atom. The van der Waals surface area contributed by atoms with Crippen molar-refractivity contribution in [3.8, 4) is 0 Å². The lowest BCUT2D eigenvalue weighted by atomic mass is 10.2. The second-order valence-corrected chi connectivity index (χ2v) is 4.38. The first kappa shape index (κ1) is 12.3. The van der Waals surface area contributed by atoms with Crippen molar-refractivity contribution in [2.75, 3.05) is 11.9 Å². The summed E-state index contributed by atoms with van der Waals surface area (Å²) in [6, 6.07) is 17.0. The number of ketones is 1. The number of Topliss-reactive ketones (excluding diaryl/α,β-unsaturated/α-hetero) is 1. The van der Waals surface area contributed by atoms with Crippen LogP contribution in [0, 0.1) is 0 Å². The van der Waals surface area contributed by atoms with Crippen LogP contribution in [-0.4, -0.2) is 22.3 Å². The lowest BCUT2D eigenvalue weighted by Gasteiger charge is -2.05. The molecule has 98 valence electrons. The van der Waals surface area contributed by atoms with E-state index < -0.39 is 0 Å². The molecule has 2 heterocycles. The molecule has 0 unspecified atom stereocenters. The third kappa shape index (κ3) is 2.64. The van der Waals surface area contributed by atoms with E-state index in [0.29, 0.717) is 11.5 Å². The van der Waals surface area contributed by atoms with E-state index in [1.165, 1.54) is 0 Å². The highest BCUT2D eigenvalue weighted by Gasteiger charge is 2.06. The van der Waals surface area contributed by atoms with Gasteiger partial charge in [-0.2, -0.15) is 0 Å². The van der Waals surface area contributed by atoms with Gasteiger partial charge in [-0.25, -0.2) is 4.98 Å². The van der Waals surface area contributed by atoms with Gasteiger partial charge in [0.2, 0.25) is 0 Å². The van der Waals surface area contributed by atoms with Crippen molar-refractivity contribution in [2.45, 2.75) is 0 Å². The summed E-state index contributed by atoms with van der Waals surface area (Å²) in [6.45, 7) is 0.183. The van der Waals surface area contributed by atoms with E-state index in [0.717, 1.165) is 10.9 Å². The van der Waals surface area contributed by atoms with E-state index in [1.807, 2.05) is 36.4 Å². The molecule has 1 aromatic carbocycles. The van der Waals surface area contributed by atoms with Crippen LogP contribution in [0.5, 0.6) is 0 Å². The highest BCUT2D eigenvalue weighted by molar-refractivity contribution is 5.97. The summed E-state index contributed by atoms with van der Waals surface area (Å²) in [4.78, 5) is 20.4. The van der Waals surface area contributed by atoms with Crippen molar-refractivity contribution in [3.63, 3.8) is 0 Å². The SMILES string of the molecule is O=C(CNc1ccc2ccccc2n1)c1ccccn1. The highest BCUT2D eigenvalue weighted by atomic mass is 16.1. The van der Waals surface area contributed by atoms with Gasteiger partial charge in [0.15, 0.2) is 5.78 Å². The molecule has 0 spiro atoms. The van der Waals surface area contributed by atoms with Crippen molar-refractivity contribution in [3.05, 3.63) is 66.5 Å². The molecule has 0 fully saturated rings. The van der Waals surface area contributed by atoms with E-state index in [4.69, 9.17) is 0 Å². The summed E-state index contributed by atoms with van der Waals surface area (Å²) in [5, 5.41) is 4.11. The van der Waals surface area contributed by atoms with Crippen molar-refractivity contribution < 1.29 is 4.79 Å². The Morgan fingerprint density at radius 2 is 1.85 bits per heavy atom. The van der Waals surface area contributed by atoms with Crippen molar-refractivity contribution in [1.82, 2.24) is 9.97 Å². The average molecular weight is 263 g/mol. The number of hydrogen-bond acceptors (Lipinski definition) is 4. The average Bonchev–Trinajstić information content (AvgIpc) is 2.53. The van der Waals surface area contributed by atoms with Gasteiger partial charge in [0.05, 0.1) is 12.1 Å². The second kappa shape index (κ2) is 5.48. The molecule has 0 bridgehead atoms. The number of carbonyl (C=O) groups is 1. The Balaban J connectivity index is 1.72. The molecule has 0 saturated carbocycles. The van der Waals surface area contributed by atoms with Gasteiger partial charge in [-0.15, -0.1) is 0 Å². The first-order chi connectivity index (χ1) is 9.83. The number of para-hydroxylation sites is 1. The molecular weight excluding hydrogens is 250 g/mol. The fourth-order valence-electron chi connectivity index (χ4n) is 1.95. The maximum atomic E-state index is 11.9. The minimum absolute atomic E-state index is 0.0550. The Hall–Kier alpha value is -2.75. The van der Waals surface area contributed by atoms with E-state index in [1.54, 1.807) is 24.4 Å². The van der Waals surface area contributed by atoms with Crippen LogP contribution in [0.15, 0.2) is 60.8 Å². The van der Waals surface area contributed by atoms with Gasteiger partial charge in [-0.1, -0.05) is 24.3 Å². The van der Waals surface area contributed by atoms with Gasteiger partial charge in [-0.3, -0.25) is 9.78 Å². The second-order valence-electron chi connectivity index (χ2n) is 4.38. The summed E-state index contributed by atoms with van der Waals surface area (Å²) in [5.74, 6) is 0.633. The number of hydrogen-bond donors (Lipinski definition) is 1. The molecule has 1 N–H and O–H groups in total. The molecule has 3 aromatic rings. The molecule has 20 heavy (non-hydrogen) atoms. The molecule has 0 radical (unpaired) electrons. The largest absolute Gasteiger partial charge is 0.363 e. The lowest BCUT2D eigenvalue weighted by Crippen LogP contribution is -2.15. The Bertz CT molecular complexity index is 741. The number of nitrogens with zero attached hydrogens (tertiary/aromatic N) is 2. The standard InChI is InChI=1S/C16H13N3O/c20-15(14-7-3-4-10-17-14)11-18-16-9-8-12-5-1-2-6-13(12)19-16/h1-10H,11H2,(H,18,19). The van der Waals surface area contributed by atoms with Crippen LogP contribution in [-0.2, 0) is 0 Å². The maximum Gasteiger partial charge on any atom is 0.200 e. The molecule has 2 aromatic heterocycles. The molecule has 0 saturated heterocycles. The van der Waals surface area contributed by atoms with E-state index in [9.17, 15) is 4.79 Å². The zero-order valence-corrected chi connectivity index (χ0v) is 10.8. The Morgan fingerprint density at radius 1 is 1.00 bits per heavy atom. The maximum absolute atomic E-state index is 11.9. The number of carbonyl (C=O) groups excluding carboxylic acids is 1. The smallest absolute Gasteiger partial charge is 0.200 e. The minimum atomic E-state index is -0.0550. The topological polar surface area (TPSA) is 54.9 Å². The molecule has 4 heteroatoms. The molecule has 0 aliphatic heterocycles. The van der Waals surface area contributed by atoms with Gasteiger partial charge in [0.1, 0.15) is 11.5 Å². The van der Waals surface area contributed by atoms with Gasteiger partial charge in [0.25, 0.3) is 0 Å². The fourth-order valence-corrected chi connectivity index (χ4v) is 1.95. The summed E-state index contributed by atoms with van der Waals surface area (Å²) < 4.78 is 0. The van der Waals surface area contributed by atoms with E-state index in [-0.39, 0.29) is 12.3 Å². The molecule has 0 aliphatic rings. The molecular formula is C16H13N3O. The number of pyridine rings is 2. The number of fused-ring (bicyclic) bond motifs is 1. The number of anilines is 1. The van der Waals surface area contributed by atoms with Crippen LogP contribution >= 0.6 is 0 Å². The molecule has 4 nitrogen and oxygen atoms in total. The van der Waals surface area contributed by atoms with Gasteiger partial charge in [-0.05, 0) is 30.3 Å². The predicted molar refractivity (Wildman–Crippen MR) is 78.8 cm³/mol. The Labute approximate surface area is 116 Å². The van der Waals surface area contributed by atoms with E-state index >= 15 is 0 Å². The first-order valence-corrected chi connectivity index (χ1v) is 6.37. The summed E-state index contributed by atoms with van der Waals surface area (Å²) >= 11 is 0. The first-order valence-electron chi connectivity index (χ1n) is 6.37. The molecule has 0 amide bonds. The molecule has 3 rings (SSSR count). The van der Waals surface area contributed by atoms with Crippen LogP contribution in [0.1, 0.15) is 10.5 Å². The van der Waals surface area contributed by atoms with Crippen LogP contribution in [0.2, 0.25) is 0 Å². The zero-order chi connectivity index (χ0) is 13.8. The van der Waals surface area contributed by atoms with Crippen molar-refractivity contribution in [1.29, 1.82) is 0 Å². The number of rotatable bonds is 4. The molecule has 0 atom stereocenters. The summed E-state index contributed by atoms with van der Waals surface area (Å²) in [6.07, 6.45) is 1.61. The number of benzene rings is 1. The minimum Gasteiger partial charge on any atom is -0.363 e. The van der Waals surface area contributed by atoms with Crippen LogP contribution in [0.25, 0.3) is 10.9 Å².